The molecule has 1 aliphatic heterocycles. The molecule has 0 radical (unpaired) electrons. The molecule has 0 unspecified atom stereocenters. The van der Waals surface area contributed by atoms with Gasteiger partial charge in [-0.2, -0.15) is 0 Å². The standard InChI is InChI=1S/C14H18N2O3/c1-9-7-10(5-6-11(9)19-4)16-8-12(17)15-14(2,3)13(16)18/h5-7H,8H2,1-4H3,(H,15,17). The summed E-state index contributed by atoms with van der Waals surface area (Å²) in [5, 5.41) is 2.69. The Morgan fingerprint density at radius 2 is 2.00 bits per heavy atom. The van der Waals surface area contributed by atoms with Gasteiger partial charge >= 0.3 is 0 Å². The molecule has 0 saturated carbocycles. The summed E-state index contributed by atoms with van der Waals surface area (Å²) >= 11 is 0. The van der Waals surface area contributed by atoms with Crippen molar-refractivity contribution < 1.29 is 14.3 Å². The minimum atomic E-state index is -0.872. The number of nitrogens with zero attached hydrogens (tertiary/aromatic N) is 1. The molecule has 0 aliphatic carbocycles. The highest BCUT2D eigenvalue weighted by molar-refractivity contribution is 6.08. The summed E-state index contributed by atoms with van der Waals surface area (Å²) < 4.78 is 5.19. The lowest BCUT2D eigenvalue weighted by Gasteiger charge is -2.37. The maximum atomic E-state index is 12.3. The van der Waals surface area contributed by atoms with E-state index in [0.717, 1.165) is 11.3 Å². The number of benzene rings is 1. The summed E-state index contributed by atoms with van der Waals surface area (Å²) in [5.74, 6) is 0.492. The van der Waals surface area contributed by atoms with Crippen LogP contribution in [0.4, 0.5) is 5.69 Å². The highest BCUT2D eigenvalue weighted by atomic mass is 16.5. The van der Waals surface area contributed by atoms with Crippen molar-refractivity contribution >= 4 is 17.5 Å². The highest BCUT2D eigenvalue weighted by Gasteiger charge is 2.39. The van der Waals surface area contributed by atoms with Gasteiger partial charge in [0.1, 0.15) is 17.8 Å². The van der Waals surface area contributed by atoms with Gasteiger partial charge in [-0.1, -0.05) is 0 Å². The van der Waals surface area contributed by atoms with E-state index in [-0.39, 0.29) is 18.4 Å². The summed E-state index contributed by atoms with van der Waals surface area (Å²) in [5.41, 5.74) is 0.770. The molecule has 1 aromatic carbocycles. The molecule has 0 spiro atoms. The quantitative estimate of drug-likeness (QED) is 0.872. The second-order valence-electron chi connectivity index (χ2n) is 5.22. The van der Waals surface area contributed by atoms with Gasteiger partial charge in [0, 0.05) is 5.69 Å². The molecule has 0 aromatic heterocycles. The molecule has 1 fully saturated rings. The van der Waals surface area contributed by atoms with Crippen LogP contribution in [-0.4, -0.2) is 31.0 Å². The van der Waals surface area contributed by atoms with Gasteiger partial charge in [-0.25, -0.2) is 0 Å². The average Bonchev–Trinajstić information content (AvgIpc) is 2.33. The number of anilines is 1. The number of piperazine rings is 1. The number of hydrogen-bond acceptors (Lipinski definition) is 3. The lowest BCUT2D eigenvalue weighted by Crippen LogP contribution is -2.64. The van der Waals surface area contributed by atoms with Crippen molar-refractivity contribution in [1.29, 1.82) is 0 Å². The molecule has 1 saturated heterocycles. The maximum absolute atomic E-state index is 12.3. The molecule has 5 heteroatoms. The van der Waals surface area contributed by atoms with E-state index >= 15 is 0 Å². The van der Waals surface area contributed by atoms with Crippen LogP contribution in [0.15, 0.2) is 18.2 Å². The number of nitrogens with one attached hydrogen (secondary N) is 1. The van der Waals surface area contributed by atoms with E-state index in [1.807, 2.05) is 13.0 Å². The Morgan fingerprint density at radius 1 is 1.32 bits per heavy atom. The molecular weight excluding hydrogens is 244 g/mol. The normalized spacial score (nSPS) is 18.2. The summed E-state index contributed by atoms with van der Waals surface area (Å²) in [6, 6.07) is 5.45. The number of carbonyl (C=O) groups is 2. The fourth-order valence-electron chi connectivity index (χ4n) is 2.23. The SMILES string of the molecule is COc1ccc(N2CC(=O)NC(C)(C)C2=O)cc1C. The predicted octanol–water partition coefficient (Wildman–Crippen LogP) is 1.25. The Bertz CT molecular complexity index is 537. The van der Waals surface area contributed by atoms with E-state index in [9.17, 15) is 9.59 Å². The number of aryl methyl sites for hydroxylation is 1. The zero-order chi connectivity index (χ0) is 14.2. The van der Waals surface area contributed by atoms with Crippen LogP contribution in [0.3, 0.4) is 0 Å². The lowest BCUT2D eigenvalue weighted by atomic mass is 9.99. The molecule has 102 valence electrons. The largest absolute Gasteiger partial charge is 0.496 e. The first-order valence-electron chi connectivity index (χ1n) is 6.13. The van der Waals surface area contributed by atoms with Crippen LogP contribution in [-0.2, 0) is 9.59 Å². The van der Waals surface area contributed by atoms with Crippen molar-refractivity contribution in [3.8, 4) is 5.75 Å². The van der Waals surface area contributed by atoms with Crippen LogP contribution < -0.4 is 15.0 Å². The molecule has 1 aliphatic rings. The van der Waals surface area contributed by atoms with Crippen molar-refractivity contribution in [2.45, 2.75) is 26.3 Å². The van der Waals surface area contributed by atoms with Gasteiger partial charge in [0.2, 0.25) is 5.91 Å². The first kappa shape index (κ1) is 13.4. The molecule has 2 rings (SSSR count). The molecule has 1 heterocycles. The van der Waals surface area contributed by atoms with E-state index < -0.39 is 5.54 Å². The molecule has 19 heavy (non-hydrogen) atoms. The minimum absolute atomic E-state index is 0.0496. The third-order valence-corrected chi connectivity index (χ3v) is 3.22. The second kappa shape index (κ2) is 4.57. The first-order chi connectivity index (χ1) is 8.85. The molecule has 1 N–H and O–H groups in total. The van der Waals surface area contributed by atoms with Crippen molar-refractivity contribution in [2.75, 3.05) is 18.6 Å². The summed E-state index contributed by atoms with van der Waals surface area (Å²) in [6.45, 7) is 5.36. The Balaban J connectivity index is 2.37. The van der Waals surface area contributed by atoms with Gasteiger partial charge in [-0.05, 0) is 44.5 Å². The van der Waals surface area contributed by atoms with Gasteiger partial charge in [0.15, 0.2) is 0 Å². The third-order valence-electron chi connectivity index (χ3n) is 3.22. The number of rotatable bonds is 2. The highest BCUT2D eigenvalue weighted by Crippen LogP contribution is 2.27. The molecular formula is C14H18N2O3. The van der Waals surface area contributed by atoms with Gasteiger partial charge in [0.25, 0.3) is 5.91 Å². The van der Waals surface area contributed by atoms with E-state index in [0.29, 0.717) is 5.69 Å². The summed E-state index contributed by atoms with van der Waals surface area (Å²) in [6.07, 6.45) is 0. The maximum Gasteiger partial charge on any atom is 0.252 e. The van der Waals surface area contributed by atoms with Crippen LogP contribution in [0.1, 0.15) is 19.4 Å². The van der Waals surface area contributed by atoms with E-state index in [1.165, 1.54) is 4.90 Å². The average molecular weight is 262 g/mol. The first-order valence-corrected chi connectivity index (χ1v) is 6.13. The molecule has 0 bridgehead atoms. The van der Waals surface area contributed by atoms with Gasteiger partial charge in [0.05, 0.1) is 7.11 Å². The lowest BCUT2D eigenvalue weighted by molar-refractivity contribution is -0.134. The fraction of sp³-hybridized carbons (Fsp3) is 0.429. The number of carbonyl (C=O) groups excluding carboxylic acids is 2. The number of hydrogen-bond donors (Lipinski definition) is 1. The minimum Gasteiger partial charge on any atom is -0.496 e. The predicted molar refractivity (Wildman–Crippen MR) is 72.3 cm³/mol. The summed E-state index contributed by atoms with van der Waals surface area (Å²) in [4.78, 5) is 25.5. The Labute approximate surface area is 112 Å². The number of amides is 2. The monoisotopic (exact) mass is 262 g/mol. The second-order valence-corrected chi connectivity index (χ2v) is 5.22. The van der Waals surface area contributed by atoms with E-state index in [1.54, 1.807) is 33.1 Å². The van der Waals surface area contributed by atoms with Gasteiger partial charge in [-0.15, -0.1) is 0 Å². The Kier molecular flexibility index (Phi) is 3.22. The van der Waals surface area contributed by atoms with Crippen molar-refractivity contribution in [3.05, 3.63) is 23.8 Å². The number of methoxy groups -OCH3 is 1. The van der Waals surface area contributed by atoms with Crippen LogP contribution in [0.25, 0.3) is 0 Å². The van der Waals surface area contributed by atoms with E-state index in [4.69, 9.17) is 4.74 Å². The topological polar surface area (TPSA) is 58.6 Å². The van der Waals surface area contributed by atoms with Gasteiger partial charge in [-0.3, -0.25) is 9.59 Å². The van der Waals surface area contributed by atoms with E-state index in [2.05, 4.69) is 5.32 Å². The molecule has 0 atom stereocenters. The van der Waals surface area contributed by atoms with Crippen molar-refractivity contribution in [1.82, 2.24) is 5.32 Å². The van der Waals surface area contributed by atoms with Crippen LogP contribution >= 0.6 is 0 Å². The van der Waals surface area contributed by atoms with Gasteiger partial charge < -0.3 is 15.0 Å². The fourth-order valence-corrected chi connectivity index (χ4v) is 2.23. The zero-order valence-electron chi connectivity index (χ0n) is 11.6. The molecule has 2 amide bonds. The number of ether oxygens (including phenoxy) is 1. The Morgan fingerprint density at radius 3 is 2.58 bits per heavy atom. The molecule has 1 aromatic rings. The third kappa shape index (κ3) is 2.41. The van der Waals surface area contributed by atoms with Crippen LogP contribution in [0.2, 0.25) is 0 Å². The smallest absolute Gasteiger partial charge is 0.252 e. The van der Waals surface area contributed by atoms with Crippen molar-refractivity contribution in [2.24, 2.45) is 0 Å². The van der Waals surface area contributed by atoms with Crippen LogP contribution in [0, 0.1) is 6.92 Å². The van der Waals surface area contributed by atoms with Crippen LogP contribution in [0.5, 0.6) is 5.75 Å². The zero-order valence-corrected chi connectivity index (χ0v) is 11.6. The Hall–Kier alpha value is -2.04. The molecule has 5 nitrogen and oxygen atoms in total. The summed E-state index contributed by atoms with van der Waals surface area (Å²) in [7, 11) is 1.60. The van der Waals surface area contributed by atoms with Crippen molar-refractivity contribution in [3.63, 3.8) is 0 Å².